The van der Waals surface area contributed by atoms with E-state index in [4.69, 9.17) is 23.2 Å². The molecule has 80 valence electrons. The Morgan fingerprint density at radius 1 is 1.40 bits per heavy atom. The van der Waals surface area contributed by atoms with Gasteiger partial charge in [-0.3, -0.25) is 4.99 Å². The second kappa shape index (κ2) is 3.99. The Labute approximate surface area is 97.1 Å². The van der Waals surface area contributed by atoms with Crippen molar-refractivity contribution in [2.75, 3.05) is 6.54 Å². The molecule has 1 aromatic carbocycles. The summed E-state index contributed by atoms with van der Waals surface area (Å²) in [6.45, 7) is 2.68. The van der Waals surface area contributed by atoms with Crippen molar-refractivity contribution in [1.82, 2.24) is 5.32 Å². The number of hydrogen-bond acceptors (Lipinski definition) is 2. The normalized spacial score (nSPS) is 20.0. The molecule has 0 saturated carbocycles. The Kier molecular flexibility index (Phi) is 2.85. The number of rotatable bonds is 1. The highest BCUT2D eigenvalue weighted by Crippen LogP contribution is 2.27. The lowest BCUT2D eigenvalue weighted by atomic mass is 10.2. The summed E-state index contributed by atoms with van der Waals surface area (Å²) in [5.74, 6) is 0.192. The van der Waals surface area contributed by atoms with Crippen molar-refractivity contribution >= 4 is 29.0 Å². The van der Waals surface area contributed by atoms with Gasteiger partial charge in [0.15, 0.2) is 0 Å². The van der Waals surface area contributed by atoms with Crippen LogP contribution in [-0.2, 0) is 0 Å². The number of amidine groups is 1. The van der Waals surface area contributed by atoms with Gasteiger partial charge in [0.05, 0.1) is 22.2 Å². The second-order valence-electron chi connectivity index (χ2n) is 3.48. The van der Waals surface area contributed by atoms with Crippen molar-refractivity contribution in [2.24, 2.45) is 4.99 Å². The van der Waals surface area contributed by atoms with E-state index in [2.05, 4.69) is 10.3 Å². The van der Waals surface area contributed by atoms with Gasteiger partial charge in [-0.05, 0) is 19.1 Å². The third kappa shape index (κ3) is 2.08. The second-order valence-corrected chi connectivity index (χ2v) is 4.29. The van der Waals surface area contributed by atoms with Crippen molar-refractivity contribution in [3.8, 4) is 0 Å². The van der Waals surface area contributed by atoms with E-state index < -0.39 is 5.82 Å². The van der Waals surface area contributed by atoms with E-state index in [0.717, 1.165) is 0 Å². The van der Waals surface area contributed by atoms with Crippen LogP contribution in [-0.4, -0.2) is 18.4 Å². The lowest BCUT2D eigenvalue weighted by Crippen LogP contribution is -2.28. The van der Waals surface area contributed by atoms with Crippen LogP contribution in [0.2, 0.25) is 10.0 Å². The minimum atomic E-state index is -0.444. The smallest absolute Gasteiger partial charge is 0.131 e. The molecule has 1 aliphatic heterocycles. The minimum Gasteiger partial charge on any atom is -0.365 e. The van der Waals surface area contributed by atoms with Gasteiger partial charge in [-0.15, -0.1) is 0 Å². The van der Waals surface area contributed by atoms with Crippen LogP contribution in [0.1, 0.15) is 12.5 Å². The summed E-state index contributed by atoms with van der Waals surface area (Å²) < 4.78 is 12.9. The number of nitrogens with zero attached hydrogens (tertiary/aromatic N) is 1. The zero-order valence-corrected chi connectivity index (χ0v) is 9.53. The largest absolute Gasteiger partial charge is 0.365 e. The Bertz CT molecular complexity index is 408. The van der Waals surface area contributed by atoms with E-state index in [1.54, 1.807) is 0 Å². The molecule has 1 N–H and O–H groups in total. The van der Waals surface area contributed by atoms with Crippen molar-refractivity contribution in [1.29, 1.82) is 0 Å². The molecule has 0 amide bonds. The zero-order valence-electron chi connectivity index (χ0n) is 8.02. The van der Waals surface area contributed by atoms with Crippen molar-refractivity contribution < 1.29 is 4.39 Å². The molecule has 0 spiro atoms. The molecular weight excluding hydrogens is 238 g/mol. The lowest BCUT2D eigenvalue weighted by molar-refractivity contribution is 0.628. The Hall–Kier alpha value is -0.800. The average molecular weight is 247 g/mol. The van der Waals surface area contributed by atoms with E-state index >= 15 is 0 Å². The Morgan fingerprint density at radius 3 is 2.47 bits per heavy atom. The molecule has 2 rings (SSSR count). The fourth-order valence-corrected chi connectivity index (χ4v) is 2.11. The fraction of sp³-hybridized carbons (Fsp3) is 0.300. The van der Waals surface area contributed by atoms with Crippen LogP contribution in [0.25, 0.3) is 0 Å². The molecule has 1 heterocycles. The molecule has 15 heavy (non-hydrogen) atoms. The van der Waals surface area contributed by atoms with Crippen LogP contribution in [0.5, 0.6) is 0 Å². The van der Waals surface area contributed by atoms with Crippen LogP contribution < -0.4 is 5.32 Å². The summed E-state index contributed by atoms with van der Waals surface area (Å²) in [5, 5.41) is 3.69. The molecule has 0 saturated heterocycles. The summed E-state index contributed by atoms with van der Waals surface area (Å²) in [5.41, 5.74) is 0.573. The first-order valence-corrected chi connectivity index (χ1v) is 5.29. The fourth-order valence-electron chi connectivity index (χ4n) is 1.47. The molecular formula is C10H9Cl2FN2. The molecule has 0 radical (unpaired) electrons. The maximum atomic E-state index is 12.9. The maximum Gasteiger partial charge on any atom is 0.131 e. The summed E-state index contributed by atoms with van der Waals surface area (Å²) in [4.78, 5) is 4.25. The first-order valence-electron chi connectivity index (χ1n) is 4.54. The predicted molar refractivity (Wildman–Crippen MR) is 60.4 cm³/mol. The number of benzene rings is 1. The van der Waals surface area contributed by atoms with Crippen molar-refractivity contribution in [3.05, 3.63) is 33.6 Å². The third-order valence-corrected chi connectivity index (χ3v) is 2.75. The summed E-state index contributed by atoms with van der Waals surface area (Å²) >= 11 is 11.8. The third-order valence-electron chi connectivity index (χ3n) is 2.15. The van der Waals surface area contributed by atoms with E-state index in [1.807, 2.05) is 6.92 Å². The van der Waals surface area contributed by atoms with Gasteiger partial charge in [0, 0.05) is 6.04 Å². The van der Waals surface area contributed by atoms with Crippen LogP contribution >= 0.6 is 23.2 Å². The zero-order chi connectivity index (χ0) is 11.0. The number of halogens is 3. The first kappa shape index (κ1) is 10.7. The average Bonchev–Trinajstić information content (AvgIpc) is 2.49. The van der Waals surface area contributed by atoms with Gasteiger partial charge in [0.2, 0.25) is 0 Å². The minimum absolute atomic E-state index is 0.261. The Balaban J connectivity index is 2.45. The highest BCUT2D eigenvalue weighted by atomic mass is 35.5. The van der Waals surface area contributed by atoms with Crippen molar-refractivity contribution in [3.63, 3.8) is 0 Å². The lowest BCUT2D eigenvalue weighted by Gasteiger charge is -2.09. The molecule has 1 unspecified atom stereocenters. The number of nitrogens with one attached hydrogen (secondary N) is 1. The van der Waals surface area contributed by atoms with Crippen molar-refractivity contribution in [2.45, 2.75) is 13.0 Å². The van der Waals surface area contributed by atoms with Gasteiger partial charge >= 0.3 is 0 Å². The van der Waals surface area contributed by atoms with E-state index in [1.165, 1.54) is 12.1 Å². The number of aliphatic imine (C=N–C) groups is 1. The number of hydrogen-bond donors (Lipinski definition) is 1. The molecule has 1 aliphatic rings. The van der Waals surface area contributed by atoms with Crippen LogP contribution in [0.3, 0.4) is 0 Å². The van der Waals surface area contributed by atoms with Gasteiger partial charge in [-0.1, -0.05) is 23.2 Å². The highest BCUT2D eigenvalue weighted by molar-refractivity contribution is 6.40. The molecule has 0 aliphatic carbocycles. The predicted octanol–water partition coefficient (Wildman–Crippen LogP) is 2.87. The molecule has 1 aromatic rings. The quantitative estimate of drug-likeness (QED) is 0.810. The standard InChI is InChI=1S/C10H9Cl2FN2/c1-5-4-14-10(15-5)9-7(11)2-6(13)3-8(9)12/h2-3,5H,4H2,1H3,(H,14,15). The highest BCUT2D eigenvalue weighted by Gasteiger charge is 2.20. The maximum absolute atomic E-state index is 12.9. The summed E-state index contributed by atoms with van der Waals surface area (Å²) in [7, 11) is 0. The van der Waals surface area contributed by atoms with Gasteiger partial charge in [0.1, 0.15) is 11.7 Å². The topological polar surface area (TPSA) is 24.4 Å². The monoisotopic (exact) mass is 246 g/mol. The molecule has 5 heteroatoms. The SMILES string of the molecule is CC1CN=C(c2c(Cl)cc(F)cc2Cl)N1. The van der Waals surface area contributed by atoms with E-state index in [-0.39, 0.29) is 16.1 Å². The van der Waals surface area contributed by atoms with Crippen LogP contribution in [0.15, 0.2) is 17.1 Å². The van der Waals surface area contributed by atoms with Gasteiger partial charge < -0.3 is 5.32 Å². The molecule has 2 nitrogen and oxygen atoms in total. The summed E-state index contributed by atoms with van der Waals surface area (Å²) in [6.07, 6.45) is 0. The summed E-state index contributed by atoms with van der Waals surface area (Å²) in [6, 6.07) is 2.73. The molecule has 1 atom stereocenters. The van der Waals surface area contributed by atoms with Crippen LogP contribution in [0.4, 0.5) is 4.39 Å². The van der Waals surface area contributed by atoms with Crippen LogP contribution in [0, 0.1) is 5.82 Å². The van der Waals surface area contributed by atoms with Gasteiger partial charge in [-0.25, -0.2) is 4.39 Å². The van der Waals surface area contributed by atoms with E-state index in [9.17, 15) is 4.39 Å². The van der Waals surface area contributed by atoms with Gasteiger partial charge in [-0.2, -0.15) is 0 Å². The Morgan fingerprint density at radius 2 is 2.00 bits per heavy atom. The molecule has 0 aromatic heterocycles. The molecule has 0 fully saturated rings. The molecule has 0 bridgehead atoms. The van der Waals surface area contributed by atoms with E-state index in [0.29, 0.717) is 17.9 Å². The first-order chi connectivity index (χ1) is 7.08. The van der Waals surface area contributed by atoms with Gasteiger partial charge in [0.25, 0.3) is 0 Å².